The molecule has 2 amide bonds. The van der Waals surface area contributed by atoms with Gasteiger partial charge < -0.3 is 19.5 Å². The number of amides is 2. The van der Waals surface area contributed by atoms with Crippen molar-refractivity contribution >= 4 is 23.4 Å². The van der Waals surface area contributed by atoms with Crippen molar-refractivity contribution in [2.45, 2.75) is 46.3 Å². The Morgan fingerprint density at radius 2 is 1.66 bits per heavy atom. The Balaban J connectivity index is 2.06. The standard InChI is InChI=1S/C22H28N2O5/c1-14-7-10-17(11-8-14)28-15(2)20(25)23-16-9-12-19(27-6)18(13-16)24-21(26)29-22(3,4)5/h7-13,15H,1-6H3,(H,23,25)(H,24,26). The summed E-state index contributed by atoms with van der Waals surface area (Å²) in [5.74, 6) is 0.733. The molecule has 0 saturated carbocycles. The molecule has 2 rings (SSSR count). The maximum atomic E-state index is 12.5. The quantitative estimate of drug-likeness (QED) is 0.730. The van der Waals surface area contributed by atoms with Crippen LogP contribution in [0.4, 0.5) is 16.2 Å². The van der Waals surface area contributed by atoms with Gasteiger partial charge in [0.2, 0.25) is 0 Å². The van der Waals surface area contributed by atoms with Crippen molar-refractivity contribution in [3.8, 4) is 11.5 Å². The maximum Gasteiger partial charge on any atom is 0.412 e. The number of ether oxygens (including phenoxy) is 3. The van der Waals surface area contributed by atoms with E-state index in [-0.39, 0.29) is 5.91 Å². The van der Waals surface area contributed by atoms with Crippen molar-refractivity contribution in [1.82, 2.24) is 0 Å². The van der Waals surface area contributed by atoms with Gasteiger partial charge in [-0.3, -0.25) is 10.1 Å². The molecule has 7 heteroatoms. The SMILES string of the molecule is COc1ccc(NC(=O)C(C)Oc2ccc(C)cc2)cc1NC(=O)OC(C)(C)C. The van der Waals surface area contributed by atoms with E-state index in [9.17, 15) is 9.59 Å². The normalized spacial score (nSPS) is 11.9. The number of nitrogens with one attached hydrogen (secondary N) is 2. The molecule has 0 aliphatic heterocycles. The first kappa shape index (κ1) is 22.1. The van der Waals surface area contributed by atoms with Crippen molar-refractivity contribution in [2.24, 2.45) is 0 Å². The van der Waals surface area contributed by atoms with Gasteiger partial charge in [0.15, 0.2) is 6.10 Å². The molecule has 0 saturated heterocycles. The van der Waals surface area contributed by atoms with E-state index in [1.807, 2.05) is 31.2 Å². The third kappa shape index (κ3) is 7.03. The highest BCUT2D eigenvalue weighted by atomic mass is 16.6. The van der Waals surface area contributed by atoms with Gasteiger partial charge in [-0.05, 0) is 65.0 Å². The van der Waals surface area contributed by atoms with Crippen molar-refractivity contribution in [3.05, 3.63) is 48.0 Å². The van der Waals surface area contributed by atoms with Crippen LogP contribution in [0.2, 0.25) is 0 Å². The zero-order valence-electron chi connectivity index (χ0n) is 17.7. The van der Waals surface area contributed by atoms with Gasteiger partial charge in [0.25, 0.3) is 5.91 Å². The van der Waals surface area contributed by atoms with Crippen molar-refractivity contribution in [3.63, 3.8) is 0 Å². The minimum absolute atomic E-state index is 0.320. The molecule has 7 nitrogen and oxygen atoms in total. The average Bonchev–Trinajstić information content (AvgIpc) is 2.62. The van der Waals surface area contributed by atoms with E-state index in [1.54, 1.807) is 45.9 Å². The molecule has 0 aromatic heterocycles. The molecule has 1 unspecified atom stereocenters. The summed E-state index contributed by atoms with van der Waals surface area (Å²) >= 11 is 0. The molecule has 2 aromatic rings. The summed E-state index contributed by atoms with van der Waals surface area (Å²) in [5, 5.41) is 5.41. The fourth-order valence-electron chi connectivity index (χ4n) is 2.42. The summed E-state index contributed by atoms with van der Waals surface area (Å²) in [6, 6.07) is 12.4. The molecule has 2 N–H and O–H groups in total. The Kier molecular flexibility index (Phi) is 7.09. The van der Waals surface area contributed by atoms with Gasteiger partial charge in [-0.1, -0.05) is 17.7 Å². The molecule has 29 heavy (non-hydrogen) atoms. The monoisotopic (exact) mass is 400 g/mol. The highest BCUT2D eigenvalue weighted by molar-refractivity contribution is 5.96. The number of carbonyl (C=O) groups is 2. The molecule has 0 bridgehead atoms. The van der Waals surface area contributed by atoms with Crippen LogP contribution in [0.5, 0.6) is 11.5 Å². The van der Waals surface area contributed by atoms with Gasteiger partial charge in [0.05, 0.1) is 12.8 Å². The number of hydrogen-bond acceptors (Lipinski definition) is 5. The van der Waals surface area contributed by atoms with Crippen LogP contribution in [0.1, 0.15) is 33.3 Å². The predicted octanol–water partition coefficient (Wildman–Crippen LogP) is 4.76. The van der Waals surface area contributed by atoms with Crippen LogP contribution in [0.15, 0.2) is 42.5 Å². The molecule has 0 radical (unpaired) electrons. The molecule has 2 aromatic carbocycles. The molecule has 156 valence electrons. The third-order valence-corrected chi connectivity index (χ3v) is 3.81. The van der Waals surface area contributed by atoms with E-state index >= 15 is 0 Å². The lowest BCUT2D eigenvalue weighted by Gasteiger charge is -2.20. The van der Waals surface area contributed by atoms with E-state index in [2.05, 4.69) is 10.6 Å². The molecular formula is C22H28N2O5. The number of methoxy groups -OCH3 is 1. The first-order valence-electron chi connectivity index (χ1n) is 9.29. The molecule has 0 spiro atoms. The van der Waals surface area contributed by atoms with E-state index in [4.69, 9.17) is 14.2 Å². The Hall–Kier alpha value is -3.22. The first-order chi connectivity index (χ1) is 13.6. The van der Waals surface area contributed by atoms with Crippen LogP contribution in [0.25, 0.3) is 0 Å². The van der Waals surface area contributed by atoms with E-state index in [0.717, 1.165) is 5.56 Å². The summed E-state index contributed by atoms with van der Waals surface area (Å²) in [4.78, 5) is 24.5. The van der Waals surface area contributed by atoms with E-state index in [1.165, 1.54) is 7.11 Å². The minimum Gasteiger partial charge on any atom is -0.495 e. The van der Waals surface area contributed by atoms with Gasteiger partial charge >= 0.3 is 6.09 Å². The zero-order valence-corrected chi connectivity index (χ0v) is 17.7. The summed E-state index contributed by atoms with van der Waals surface area (Å²) in [5.41, 5.74) is 1.34. The lowest BCUT2D eigenvalue weighted by Crippen LogP contribution is -2.30. The largest absolute Gasteiger partial charge is 0.495 e. The maximum absolute atomic E-state index is 12.5. The number of rotatable bonds is 6. The highest BCUT2D eigenvalue weighted by Crippen LogP contribution is 2.28. The summed E-state index contributed by atoms with van der Waals surface area (Å²) < 4.78 is 16.2. The number of carbonyl (C=O) groups excluding carboxylic acids is 2. The first-order valence-corrected chi connectivity index (χ1v) is 9.29. The summed E-state index contributed by atoms with van der Waals surface area (Å²) in [6.45, 7) is 8.97. The molecular weight excluding hydrogens is 372 g/mol. The van der Waals surface area contributed by atoms with E-state index < -0.39 is 17.8 Å². The van der Waals surface area contributed by atoms with Crippen LogP contribution in [-0.4, -0.2) is 30.8 Å². The second-order valence-corrected chi connectivity index (χ2v) is 7.60. The van der Waals surface area contributed by atoms with Gasteiger partial charge in [-0.25, -0.2) is 4.79 Å². The fourth-order valence-corrected chi connectivity index (χ4v) is 2.42. The predicted molar refractivity (Wildman–Crippen MR) is 113 cm³/mol. The summed E-state index contributed by atoms with van der Waals surface area (Å²) in [7, 11) is 1.49. The molecule has 0 heterocycles. The Morgan fingerprint density at radius 1 is 1.00 bits per heavy atom. The molecule has 1 atom stereocenters. The summed E-state index contributed by atoms with van der Waals surface area (Å²) in [6.07, 6.45) is -1.32. The number of aryl methyl sites for hydroxylation is 1. The van der Waals surface area contributed by atoms with Crippen molar-refractivity contribution in [2.75, 3.05) is 17.7 Å². The van der Waals surface area contributed by atoms with Crippen LogP contribution >= 0.6 is 0 Å². The second kappa shape index (κ2) is 9.32. The lowest BCUT2D eigenvalue weighted by atomic mass is 10.2. The fraction of sp³-hybridized carbons (Fsp3) is 0.364. The van der Waals surface area contributed by atoms with Gasteiger partial charge in [0.1, 0.15) is 17.1 Å². The minimum atomic E-state index is -0.706. The Bertz CT molecular complexity index is 856. The highest BCUT2D eigenvalue weighted by Gasteiger charge is 2.19. The third-order valence-electron chi connectivity index (χ3n) is 3.81. The number of benzene rings is 2. The number of anilines is 2. The van der Waals surface area contributed by atoms with E-state index in [0.29, 0.717) is 22.9 Å². The lowest BCUT2D eigenvalue weighted by molar-refractivity contribution is -0.122. The van der Waals surface area contributed by atoms with Crippen LogP contribution in [0, 0.1) is 6.92 Å². The Morgan fingerprint density at radius 3 is 2.24 bits per heavy atom. The second-order valence-electron chi connectivity index (χ2n) is 7.60. The van der Waals surface area contributed by atoms with Crippen LogP contribution in [-0.2, 0) is 9.53 Å². The smallest absolute Gasteiger partial charge is 0.412 e. The zero-order chi connectivity index (χ0) is 21.6. The van der Waals surface area contributed by atoms with Crippen LogP contribution < -0.4 is 20.1 Å². The molecule has 0 aliphatic rings. The topological polar surface area (TPSA) is 85.9 Å². The number of hydrogen-bond donors (Lipinski definition) is 2. The van der Waals surface area contributed by atoms with Gasteiger partial charge in [0, 0.05) is 5.69 Å². The van der Waals surface area contributed by atoms with Crippen LogP contribution in [0.3, 0.4) is 0 Å². The van der Waals surface area contributed by atoms with Crippen molar-refractivity contribution < 1.29 is 23.8 Å². The van der Waals surface area contributed by atoms with Gasteiger partial charge in [-0.15, -0.1) is 0 Å². The van der Waals surface area contributed by atoms with Gasteiger partial charge in [-0.2, -0.15) is 0 Å². The Labute approximate surface area is 171 Å². The molecule has 0 fully saturated rings. The average molecular weight is 400 g/mol. The van der Waals surface area contributed by atoms with Crippen molar-refractivity contribution in [1.29, 1.82) is 0 Å². The molecule has 0 aliphatic carbocycles.